The summed E-state index contributed by atoms with van der Waals surface area (Å²) in [5, 5.41) is 3.37. The number of pyridine rings is 1. The molecule has 2 heterocycles. The molecule has 0 amide bonds. The third-order valence-electron chi connectivity index (χ3n) is 3.81. The molecular formula is C17H21N3O. The highest BCUT2D eigenvalue weighted by molar-refractivity contribution is 5.49. The molecule has 4 heteroatoms. The highest BCUT2D eigenvalue weighted by Crippen LogP contribution is 2.20. The van der Waals surface area contributed by atoms with E-state index in [0.29, 0.717) is 6.61 Å². The van der Waals surface area contributed by atoms with Gasteiger partial charge in [-0.25, -0.2) is 0 Å². The van der Waals surface area contributed by atoms with Gasteiger partial charge in [-0.15, -0.1) is 0 Å². The second kappa shape index (κ2) is 6.59. The molecular weight excluding hydrogens is 262 g/mol. The van der Waals surface area contributed by atoms with E-state index in [9.17, 15) is 0 Å². The van der Waals surface area contributed by atoms with Crippen LogP contribution in [0.1, 0.15) is 11.3 Å². The quantitative estimate of drug-likeness (QED) is 0.935. The zero-order valence-electron chi connectivity index (χ0n) is 12.4. The predicted molar refractivity (Wildman–Crippen MR) is 84.8 cm³/mol. The normalized spacial score (nSPS) is 15.0. The van der Waals surface area contributed by atoms with Gasteiger partial charge in [0.25, 0.3) is 0 Å². The van der Waals surface area contributed by atoms with Gasteiger partial charge in [0.1, 0.15) is 12.4 Å². The van der Waals surface area contributed by atoms with Crippen molar-refractivity contribution in [3.63, 3.8) is 0 Å². The maximum absolute atomic E-state index is 5.82. The second-order valence-corrected chi connectivity index (χ2v) is 5.29. The number of ether oxygens (including phenoxy) is 1. The van der Waals surface area contributed by atoms with E-state index in [-0.39, 0.29) is 0 Å². The standard InChI is InChI=1S/C17H21N3O/c1-14-3-2-8-19-17(14)13-21-16-6-4-15(5-7-16)20-11-9-18-10-12-20/h2-8,18H,9-13H2,1H3. The summed E-state index contributed by atoms with van der Waals surface area (Å²) < 4.78 is 5.82. The van der Waals surface area contributed by atoms with E-state index >= 15 is 0 Å². The minimum Gasteiger partial charge on any atom is -0.487 e. The van der Waals surface area contributed by atoms with E-state index in [1.165, 1.54) is 5.69 Å². The molecule has 1 aliphatic rings. The van der Waals surface area contributed by atoms with E-state index in [4.69, 9.17) is 4.74 Å². The summed E-state index contributed by atoms with van der Waals surface area (Å²) in [7, 11) is 0. The fourth-order valence-corrected chi connectivity index (χ4v) is 2.50. The number of hydrogen-bond acceptors (Lipinski definition) is 4. The first-order valence-electron chi connectivity index (χ1n) is 7.42. The molecule has 1 N–H and O–H groups in total. The highest BCUT2D eigenvalue weighted by Gasteiger charge is 2.10. The summed E-state index contributed by atoms with van der Waals surface area (Å²) in [6.07, 6.45) is 1.80. The van der Waals surface area contributed by atoms with Crippen LogP contribution in [-0.2, 0) is 6.61 Å². The zero-order valence-corrected chi connectivity index (χ0v) is 12.4. The number of nitrogens with zero attached hydrogens (tertiary/aromatic N) is 2. The molecule has 110 valence electrons. The van der Waals surface area contributed by atoms with Crippen LogP contribution in [0.15, 0.2) is 42.6 Å². The van der Waals surface area contributed by atoms with Crippen LogP contribution in [-0.4, -0.2) is 31.2 Å². The summed E-state index contributed by atoms with van der Waals surface area (Å²) in [4.78, 5) is 6.74. The molecule has 1 fully saturated rings. The summed E-state index contributed by atoms with van der Waals surface area (Å²) in [6, 6.07) is 12.3. The molecule has 0 atom stereocenters. The van der Waals surface area contributed by atoms with Gasteiger partial charge in [0.2, 0.25) is 0 Å². The maximum atomic E-state index is 5.82. The van der Waals surface area contributed by atoms with Gasteiger partial charge in [-0.2, -0.15) is 0 Å². The van der Waals surface area contributed by atoms with Gasteiger partial charge < -0.3 is 15.0 Å². The van der Waals surface area contributed by atoms with Gasteiger partial charge in [-0.05, 0) is 42.8 Å². The number of nitrogens with one attached hydrogen (secondary N) is 1. The minimum atomic E-state index is 0.514. The van der Waals surface area contributed by atoms with Gasteiger partial charge in [0.15, 0.2) is 0 Å². The Hall–Kier alpha value is -2.07. The fraction of sp³-hybridized carbons (Fsp3) is 0.353. The maximum Gasteiger partial charge on any atom is 0.130 e. The molecule has 2 aromatic rings. The van der Waals surface area contributed by atoms with Crippen molar-refractivity contribution >= 4 is 5.69 Å². The lowest BCUT2D eigenvalue weighted by Crippen LogP contribution is -2.43. The number of rotatable bonds is 4. The fourth-order valence-electron chi connectivity index (χ4n) is 2.50. The molecule has 0 unspecified atom stereocenters. The number of benzene rings is 1. The van der Waals surface area contributed by atoms with E-state index in [2.05, 4.69) is 40.3 Å². The Labute approximate surface area is 125 Å². The smallest absolute Gasteiger partial charge is 0.130 e. The average molecular weight is 283 g/mol. The number of piperazine rings is 1. The van der Waals surface area contributed by atoms with Crippen LogP contribution in [0.4, 0.5) is 5.69 Å². The number of aromatic nitrogens is 1. The summed E-state index contributed by atoms with van der Waals surface area (Å²) in [6.45, 7) is 6.80. The molecule has 0 bridgehead atoms. The molecule has 0 spiro atoms. The van der Waals surface area contributed by atoms with Crippen LogP contribution >= 0.6 is 0 Å². The topological polar surface area (TPSA) is 37.4 Å². The highest BCUT2D eigenvalue weighted by atomic mass is 16.5. The molecule has 0 aliphatic carbocycles. The van der Waals surface area contributed by atoms with Gasteiger partial charge in [0.05, 0.1) is 5.69 Å². The second-order valence-electron chi connectivity index (χ2n) is 5.29. The third kappa shape index (κ3) is 3.52. The summed E-state index contributed by atoms with van der Waals surface area (Å²) in [5.41, 5.74) is 3.41. The molecule has 21 heavy (non-hydrogen) atoms. The minimum absolute atomic E-state index is 0.514. The van der Waals surface area contributed by atoms with Crippen molar-refractivity contribution in [2.45, 2.75) is 13.5 Å². The van der Waals surface area contributed by atoms with E-state index in [1.54, 1.807) is 6.20 Å². The van der Waals surface area contributed by atoms with Crippen molar-refractivity contribution in [3.05, 3.63) is 53.9 Å². The Balaban J connectivity index is 1.60. The molecule has 1 saturated heterocycles. The van der Waals surface area contributed by atoms with Gasteiger partial charge in [-0.1, -0.05) is 6.07 Å². The predicted octanol–water partition coefficient (Wildman–Crippen LogP) is 2.38. The molecule has 1 aromatic heterocycles. The van der Waals surface area contributed by atoms with E-state index in [1.807, 2.05) is 18.2 Å². The Kier molecular flexibility index (Phi) is 4.36. The van der Waals surface area contributed by atoms with Crippen molar-refractivity contribution in [1.82, 2.24) is 10.3 Å². The van der Waals surface area contributed by atoms with Crippen molar-refractivity contribution in [2.75, 3.05) is 31.1 Å². The Morgan fingerprint density at radius 3 is 2.62 bits per heavy atom. The van der Waals surface area contributed by atoms with Crippen molar-refractivity contribution in [2.24, 2.45) is 0 Å². The first-order chi connectivity index (χ1) is 10.3. The van der Waals surface area contributed by atoms with Gasteiger partial charge in [-0.3, -0.25) is 4.98 Å². The zero-order chi connectivity index (χ0) is 14.5. The lowest BCUT2D eigenvalue weighted by Gasteiger charge is -2.29. The molecule has 0 saturated carbocycles. The molecule has 1 aliphatic heterocycles. The first kappa shape index (κ1) is 13.9. The molecule has 3 rings (SSSR count). The average Bonchev–Trinajstić information content (AvgIpc) is 2.55. The van der Waals surface area contributed by atoms with Crippen LogP contribution in [0.25, 0.3) is 0 Å². The Morgan fingerprint density at radius 2 is 1.90 bits per heavy atom. The lowest BCUT2D eigenvalue weighted by atomic mass is 10.2. The Bertz CT molecular complexity index is 577. The number of aryl methyl sites for hydroxylation is 1. The van der Waals surface area contributed by atoms with Crippen LogP contribution in [0.3, 0.4) is 0 Å². The van der Waals surface area contributed by atoms with Crippen LogP contribution in [0, 0.1) is 6.92 Å². The van der Waals surface area contributed by atoms with E-state index < -0.39 is 0 Å². The van der Waals surface area contributed by atoms with Gasteiger partial charge >= 0.3 is 0 Å². The lowest BCUT2D eigenvalue weighted by molar-refractivity contribution is 0.300. The first-order valence-corrected chi connectivity index (χ1v) is 7.42. The SMILES string of the molecule is Cc1cccnc1COc1ccc(N2CCNCC2)cc1. The van der Waals surface area contributed by atoms with E-state index in [0.717, 1.165) is 43.2 Å². The van der Waals surface area contributed by atoms with Crippen LogP contribution in [0.2, 0.25) is 0 Å². The van der Waals surface area contributed by atoms with Crippen molar-refractivity contribution in [3.8, 4) is 5.75 Å². The molecule has 4 nitrogen and oxygen atoms in total. The van der Waals surface area contributed by atoms with Crippen molar-refractivity contribution < 1.29 is 4.74 Å². The van der Waals surface area contributed by atoms with Crippen LogP contribution < -0.4 is 15.0 Å². The number of hydrogen-bond donors (Lipinski definition) is 1. The Morgan fingerprint density at radius 1 is 1.14 bits per heavy atom. The van der Waals surface area contributed by atoms with Crippen LogP contribution in [0.5, 0.6) is 5.75 Å². The van der Waals surface area contributed by atoms with Crippen molar-refractivity contribution in [1.29, 1.82) is 0 Å². The third-order valence-corrected chi connectivity index (χ3v) is 3.81. The molecule has 0 radical (unpaired) electrons. The summed E-state index contributed by atoms with van der Waals surface area (Å²) in [5.74, 6) is 0.888. The number of anilines is 1. The largest absolute Gasteiger partial charge is 0.487 e. The molecule has 1 aromatic carbocycles. The monoisotopic (exact) mass is 283 g/mol. The van der Waals surface area contributed by atoms with Gasteiger partial charge in [0, 0.05) is 38.1 Å². The summed E-state index contributed by atoms with van der Waals surface area (Å²) >= 11 is 0.